The van der Waals surface area contributed by atoms with Crippen LogP contribution in [0.15, 0.2) is 6.20 Å². The van der Waals surface area contributed by atoms with E-state index < -0.39 is 6.10 Å². The zero-order valence-corrected chi connectivity index (χ0v) is 8.33. The number of nitrogens with zero attached hydrogens (tertiary/aromatic N) is 2. The second-order valence-corrected chi connectivity index (χ2v) is 3.26. The van der Waals surface area contributed by atoms with E-state index in [9.17, 15) is 5.11 Å². The van der Waals surface area contributed by atoms with Crippen molar-refractivity contribution < 1.29 is 5.11 Å². The van der Waals surface area contributed by atoms with Gasteiger partial charge in [-0.1, -0.05) is 18.5 Å². The molecule has 0 fully saturated rings. The smallest absolute Gasteiger partial charge is 0.109 e. The lowest BCUT2D eigenvalue weighted by Crippen LogP contribution is -2.17. The zero-order chi connectivity index (χ0) is 9.84. The zero-order valence-electron chi connectivity index (χ0n) is 7.57. The molecule has 1 unspecified atom stereocenters. The summed E-state index contributed by atoms with van der Waals surface area (Å²) in [4.78, 5) is 0. The highest BCUT2D eigenvalue weighted by Gasteiger charge is 2.15. The Hall–Kier alpha value is -0.580. The van der Waals surface area contributed by atoms with E-state index in [0.717, 1.165) is 13.0 Å². The van der Waals surface area contributed by atoms with Gasteiger partial charge >= 0.3 is 0 Å². The number of hydrogen-bond acceptors (Lipinski definition) is 3. The predicted octanol–water partition coefficient (Wildman–Crippen LogP) is 0.939. The first-order valence-corrected chi connectivity index (χ1v) is 4.67. The first kappa shape index (κ1) is 10.5. The van der Waals surface area contributed by atoms with Crippen molar-refractivity contribution in [2.75, 3.05) is 6.54 Å². The Bertz CT molecular complexity index is 274. The Morgan fingerprint density at radius 2 is 2.46 bits per heavy atom. The third-order valence-corrected chi connectivity index (χ3v) is 2.10. The average molecular weight is 204 g/mol. The molecule has 1 atom stereocenters. The first-order chi connectivity index (χ1) is 6.20. The Morgan fingerprint density at radius 3 is 3.00 bits per heavy atom. The molecule has 0 aliphatic rings. The molecule has 1 aromatic rings. The van der Waals surface area contributed by atoms with Gasteiger partial charge in [0.15, 0.2) is 0 Å². The second-order valence-electron chi connectivity index (χ2n) is 2.85. The van der Waals surface area contributed by atoms with E-state index in [1.807, 2.05) is 6.92 Å². The summed E-state index contributed by atoms with van der Waals surface area (Å²) in [7, 11) is 0. The van der Waals surface area contributed by atoms with Crippen LogP contribution in [0.25, 0.3) is 0 Å². The van der Waals surface area contributed by atoms with Crippen molar-refractivity contribution in [3.05, 3.63) is 16.9 Å². The SMILES string of the molecule is CCCn1ncc(Cl)c1C(O)CN. The van der Waals surface area contributed by atoms with E-state index in [2.05, 4.69) is 5.10 Å². The third kappa shape index (κ3) is 2.21. The van der Waals surface area contributed by atoms with E-state index in [1.165, 1.54) is 6.20 Å². The molecule has 0 spiro atoms. The van der Waals surface area contributed by atoms with Gasteiger partial charge in [-0.2, -0.15) is 5.10 Å². The molecule has 3 N–H and O–H groups in total. The standard InChI is InChI=1S/C8H14ClN3O/c1-2-3-12-8(7(13)4-10)6(9)5-11-12/h5,7,13H,2-4,10H2,1H3. The van der Waals surface area contributed by atoms with E-state index in [0.29, 0.717) is 10.7 Å². The monoisotopic (exact) mass is 203 g/mol. The maximum atomic E-state index is 9.54. The molecule has 0 aliphatic heterocycles. The number of nitrogens with two attached hydrogens (primary N) is 1. The van der Waals surface area contributed by atoms with Crippen molar-refractivity contribution >= 4 is 11.6 Å². The van der Waals surface area contributed by atoms with Crippen molar-refractivity contribution in [1.29, 1.82) is 0 Å². The van der Waals surface area contributed by atoms with Gasteiger partial charge in [0.2, 0.25) is 0 Å². The lowest BCUT2D eigenvalue weighted by Gasteiger charge is -2.11. The molecule has 0 amide bonds. The first-order valence-electron chi connectivity index (χ1n) is 4.30. The molecule has 74 valence electrons. The fourth-order valence-electron chi connectivity index (χ4n) is 1.20. The summed E-state index contributed by atoms with van der Waals surface area (Å²) in [6.07, 6.45) is 1.76. The molecule has 4 nitrogen and oxygen atoms in total. The quantitative estimate of drug-likeness (QED) is 0.766. The predicted molar refractivity (Wildman–Crippen MR) is 51.5 cm³/mol. The van der Waals surface area contributed by atoms with Gasteiger partial charge in [-0.25, -0.2) is 0 Å². The Morgan fingerprint density at radius 1 is 1.77 bits per heavy atom. The molecular formula is C8H14ClN3O. The van der Waals surface area contributed by atoms with E-state index in [4.69, 9.17) is 17.3 Å². The van der Waals surface area contributed by atoms with Gasteiger partial charge in [-0.3, -0.25) is 4.68 Å². The summed E-state index contributed by atoms with van der Waals surface area (Å²) < 4.78 is 1.69. The molecule has 0 saturated heterocycles. The molecule has 5 heteroatoms. The van der Waals surface area contributed by atoms with Crippen molar-refractivity contribution in [2.24, 2.45) is 5.73 Å². The summed E-state index contributed by atoms with van der Waals surface area (Å²) in [5, 5.41) is 14.1. The Balaban J connectivity index is 2.93. The summed E-state index contributed by atoms with van der Waals surface area (Å²) in [5.41, 5.74) is 5.96. The van der Waals surface area contributed by atoms with Crippen LogP contribution in [0, 0.1) is 0 Å². The van der Waals surface area contributed by atoms with Crippen LogP contribution in [0.4, 0.5) is 0 Å². The summed E-state index contributed by atoms with van der Waals surface area (Å²) in [6, 6.07) is 0. The Kier molecular flexibility index (Phi) is 3.71. The van der Waals surface area contributed by atoms with Crippen molar-refractivity contribution in [2.45, 2.75) is 26.0 Å². The average Bonchev–Trinajstić information content (AvgIpc) is 2.47. The fourth-order valence-corrected chi connectivity index (χ4v) is 1.47. The minimum absolute atomic E-state index is 0.162. The molecule has 0 bridgehead atoms. The molecule has 1 rings (SSSR count). The maximum Gasteiger partial charge on any atom is 0.109 e. The van der Waals surface area contributed by atoms with E-state index in [-0.39, 0.29) is 6.54 Å². The highest BCUT2D eigenvalue weighted by molar-refractivity contribution is 6.31. The molecule has 13 heavy (non-hydrogen) atoms. The second kappa shape index (κ2) is 4.60. The Labute approximate surface area is 82.3 Å². The van der Waals surface area contributed by atoms with Crippen LogP contribution in [-0.2, 0) is 6.54 Å². The number of aliphatic hydroxyl groups is 1. The van der Waals surface area contributed by atoms with Crippen LogP contribution in [0.5, 0.6) is 0 Å². The van der Waals surface area contributed by atoms with Gasteiger partial charge in [0, 0.05) is 13.1 Å². The highest BCUT2D eigenvalue weighted by atomic mass is 35.5. The number of aryl methyl sites for hydroxylation is 1. The number of hydrogen-bond donors (Lipinski definition) is 2. The van der Waals surface area contributed by atoms with Gasteiger partial charge in [-0.15, -0.1) is 0 Å². The molecule has 1 aromatic heterocycles. The molecule has 0 aromatic carbocycles. The summed E-state index contributed by atoms with van der Waals surface area (Å²) >= 11 is 5.86. The van der Waals surface area contributed by atoms with Crippen molar-refractivity contribution in [3.63, 3.8) is 0 Å². The third-order valence-electron chi connectivity index (χ3n) is 1.81. The molecule has 0 saturated carbocycles. The number of rotatable bonds is 4. The van der Waals surface area contributed by atoms with Gasteiger partial charge in [0.1, 0.15) is 6.10 Å². The van der Waals surface area contributed by atoms with Crippen LogP contribution in [-0.4, -0.2) is 21.4 Å². The minimum Gasteiger partial charge on any atom is -0.385 e. The molecule has 0 aliphatic carbocycles. The lowest BCUT2D eigenvalue weighted by molar-refractivity contribution is 0.175. The molecular weight excluding hydrogens is 190 g/mol. The van der Waals surface area contributed by atoms with Crippen LogP contribution >= 0.6 is 11.6 Å². The van der Waals surface area contributed by atoms with E-state index >= 15 is 0 Å². The van der Waals surface area contributed by atoms with Gasteiger partial charge in [0.05, 0.1) is 16.9 Å². The van der Waals surface area contributed by atoms with Crippen LogP contribution in [0.2, 0.25) is 5.02 Å². The van der Waals surface area contributed by atoms with Crippen molar-refractivity contribution in [1.82, 2.24) is 9.78 Å². The number of halogens is 1. The van der Waals surface area contributed by atoms with Gasteiger partial charge in [-0.05, 0) is 6.42 Å². The summed E-state index contributed by atoms with van der Waals surface area (Å²) in [6.45, 7) is 2.95. The van der Waals surface area contributed by atoms with Crippen LogP contribution in [0.1, 0.15) is 25.1 Å². The maximum absolute atomic E-state index is 9.54. The lowest BCUT2D eigenvalue weighted by atomic mass is 10.2. The summed E-state index contributed by atoms with van der Waals surface area (Å²) in [5.74, 6) is 0. The topological polar surface area (TPSA) is 64.1 Å². The van der Waals surface area contributed by atoms with E-state index in [1.54, 1.807) is 4.68 Å². The largest absolute Gasteiger partial charge is 0.385 e. The van der Waals surface area contributed by atoms with Crippen molar-refractivity contribution in [3.8, 4) is 0 Å². The number of aliphatic hydroxyl groups excluding tert-OH is 1. The van der Waals surface area contributed by atoms with Gasteiger partial charge in [0.25, 0.3) is 0 Å². The molecule has 1 heterocycles. The van der Waals surface area contributed by atoms with Crippen LogP contribution in [0.3, 0.4) is 0 Å². The minimum atomic E-state index is -0.721. The highest BCUT2D eigenvalue weighted by Crippen LogP contribution is 2.21. The number of aromatic nitrogens is 2. The normalized spacial score (nSPS) is 13.2. The van der Waals surface area contributed by atoms with Crippen LogP contribution < -0.4 is 5.73 Å². The fraction of sp³-hybridized carbons (Fsp3) is 0.625. The van der Waals surface area contributed by atoms with Gasteiger partial charge < -0.3 is 10.8 Å². The molecule has 0 radical (unpaired) electrons.